The van der Waals surface area contributed by atoms with Gasteiger partial charge in [0.25, 0.3) is 0 Å². The maximum Gasteiger partial charge on any atom is 0.239 e. The van der Waals surface area contributed by atoms with E-state index in [1.807, 2.05) is 0 Å². The van der Waals surface area contributed by atoms with Crippen LogP contribution in [0, 0.1) is 0 Å². The Bertz CT molecular complexity index is 510. The first-order valence-corrected chi connectivity index (χ1v) is 9.96. The summed E-state index contributed by atoms with van der Waals surface area (Å²) >= 11 is 0. The van der Waals surface area contributed by atoms with Gasteiger partial charge in [-0.3, -0.25) is 9.59 Å². The highest BCUT2D eigenvalue weighted by Gasteiger charge is 2.34. The van der Waals surface area contributed by atoms with Crippen molar-refractivity contribution >= 4 is 21.7 Å². The second kappa shape index (κ2) is 7.44. The molecule has 0 aromatic carbocycles. The van der Waals surface area contributed by atoms with Crippen LogP contribution < -0.4 is 5.32 Å². The van der Waals surface area contributed by atoms with Crippen LogP contribution in [0.15, 0.2) is 0 Å². The molecule has 2 amide bonds. The van der Waals surface area contributed by atoms with Gasteiger partial charge in [0.1, 0.15) is 0 Å². The number of nitrogens with zero attached hydrogens (tertiary/aromatic N) is 1. The summed E-state index contributed by atoms with van der Waals surface area (Å²) in [5.74, 6) is -0.334. The van der Waals surface area contributed by atoms with Crippen LogP contribution in [-0.2, 0) is 19.4 Å². The minimum Gasteiger partial charge on any atom is -0.352 e. The van der Waals surface area contributed by atoms with Gasteiger partial charge >= 0.3 is 0 Å². The Labute approximate surface area is 132 Å². The number of amides is 2. The largest absolute Gasteiger partial charge is 0.352 e. The zero-order valence-electron chi connectivity index (χ0n) is 13.2. The molecule has 1 aliphatic carbocycles. The molecular weight excluding hydrogens is 304 g/mol. The lowest BCUT2D eigenvalue weighted by Crippen LogP contribution is -2.48. The van der Waals surface area contributed by atoms with E-state index in [0.29, 0.717) is 6.42 Å². The standard InChI is InChI=1S/C15H26N2O4S/c1-12(18)17(14-8-9-22(20,21)11-14)10-15(19)16-13-6-4-2-3-5-7-13/h13-14H,2-11H2,1H3,(H,16,19). The van der Waals surface area contributed by atoms with Crippen LogP contribution in [0.1, 0.15) is 51.9 Å². The average molecular weight is 330 g/mol. The van der Waals surface area contributed by atoms with E-state index in [1.165, 1.54) is 24.7 Å². The van der Waals surface area contributed by atoms with Gasteiger partial charge in [0, 0.05) is 19.0 Å². The molecule has 2 aliphatic rings. The van der Waals surface area contributed by atoms with E-state index in [4.69, 9.17) is 0 Å². The van der Waals surface area contributed by atoms with Crippen LogP contribution in [0.25, 0.3) is 0 Å². The van der Waals surface area contributed by atoms with Crippen molar-refractivity contribution in [2.45, 2.75) is 64.0 Å². The molecule has 7 heteroatoms. The van der Waals surface area contributed by atoms with Gasteiger partial charge < -0.3 is 10.2 Å². The SMILES string of the molecule is CC(=O)N(CC(=O)NC1CCCCCC1)C1CCS(=O)(=O)C1. The third kappa shape index (κ3) is 4.97. The fourth-order valence-corrected chi connectivity index (χ4v) is 5.10. The fraction of sp³-hybridized carbons (Fsp3) is 0.867. The summed E-state index contributed by atoms with van der Waals surface area (Å²) in [4.78, 5) is 25.4. The van der Waals surface area contributed by atoms with Crippen LogP contribution in [0.4, 0.5) is 0 Å². The second-order valence-corrected chi connectivity index (χ2v) is 8.69. The molecular formula is C15H26N2O4S. The molecule has 1 N–H and O–H groups in total. The molecule has 0 aromatic rings. The summed E-state index contributed by atoms with van der Waals surface area (Å²) in [6.45, 7) is 1.36. The van der Waals surface area contributed by atoms with Crippen LogP contribution in [-0.4, -0.2) is 55.3 Å². The first-order valence-electron chi connectivity index (χ1n) is 8.14. The van der Waals surface area contributed by atoms with Gasteiger partial charge in [0.05, 0.1) is 18.1 Å². The maximum atomic E-state index is 12.2. The lowest BCUT2D eigenvalue weighted by atomic mass is 10.1. The third-order valence-corrected chi connectivity index (χ3v) is 6.34. The normalized spacial score (nSPS) is 25.4. The second-order valence-electron chi connectivity index (χ2n) is 6.46. The van der Waals surface area contributed by atoms with Gasteiger partial charge in [-0.25, -0.2) is 8.42 Å². The zero-order valence-corrected chi connectivity index (χ0v) is 14.0. The Hall–Kier alpha value is -1.11. The van der Waals surface area contributed by atoms with Gasteiger partial charge in [0.15, 0.2) is 9.84 Å². The zero-order chi connectivity index (χ0) is 16.2. The van der Waals surface area contributed by atoms with Crippen LogP contribution in [0.5, 0.6) is 0 Å². The molecule has 0 bridgehead atoms. The van der Waals surface area contributed by atoms with Gasteiger partial charge in [-0.15, -0.1) is 0 Å². The van der Waals surface area contributed by atoms with Crippen molar-refractivity contribution in [2.24, 2.45) is 0 Å². The molecule has 2 fully saturated rings. The van der Waals surface area contributed by atoms with Crippen LogP contribution in [0.3, 0.4) is 0 Å². The summed E-state index contributed by atoms with van der Waals surface area (Å²) < 4.78 is 23.1. The van der Waals surface area contributed by atoms with Gasteiger partial charge in [-0.1, -0.05) is 25.7 Å². The fourth-order valence-electron chi connectivity index (χ4n) is 3.37. The van der Waals surface area contributed by atoms with Crippen molar-refractivity contribution in [1.29, 1.82) is 0 Å². The summed E-state index contributed by atoms with van der Waals surface area (Å²) in [6, 6.07) is -0.168. The molecule has 6 nitrogen and oxygen atoms in total. The molecule has 1 atom stereocenters. The van der Waals surface area contributed by atoms with Gasteiger partial charge in [0.2, 0.25) is 11.8 Å². The molecule has 0 aromatic heterocycles. The smallest absolute Gasteiger partial charge is 0.239 e. The van der Waals surface area contributed by atoms with Crippen molar-refractivity contribution in [2.75, 3.05) is 18.1 Å². The number of sulfone groups is 1. The number of hydrogen-bond acceptors (Lipinski definition) is 4. The van der Waals surface area contributed by atoms with Crippen LogP contribution >= 0.6 is 0 Å². The first kappa shape index (κ1) is 17.2. The highest BCUT2D eigenvalue weighted by Crippen LogP contribution is 2.19. The predicted octanol–water partition coefficient (Wildman–Crippen LogP) is 0.861. The van der Waals surface area contributed by atoms with E-state index in [9.17, 15) is 18.0 Å². The highest BCUT2D eigenvalue weighted by atomic mass is 32.2. The Kier molecular flexibility index (Phi) is 5.83. The highest BCUT2D eigenvalue weighted by molar-refractivity contribution is 7.91. The lowest BCUT2D eigenvalue weighted by Gasteiger charge is -2.27. The van der Waals surface area contributed by atoms with E-state index in [2.05, 4.69) is 5.32 Å². The molecule has 1 saturated heterocycles. The molecule has 126 valence electrons. The Morgan fingerprint density at radius 3 is 2.23 bits per heavy atom. The van der Waals surface area contributed by atoms with E-state index in [1.54, 1.807) is 0 Å². The van der Waals surface area contributed by atoms with Crippen molar-refractivity contribution in [3.05, 3.63) is 0 Å². The van der Waals surface area contributed by atoms with E-state index in [-0.39, 0.29) is 41.9 Å². The third-order valence-electron chi connectivity index (χ3n) is 4.59. The number of carbonyl (C=O) groups is 2. The first-order chi connectivity index (χ1) is 10.4. The summed E-state index contributed by atoms with van der Waals surface area (Å²) in [5.41, 5.74) is 0. The number of carbonyl (C=O) groups excluding carboxylic acids is 2. The van der Waals surface area contributed by atoms with E-state index in [0.717, 1.165) is 25.7 Å². The quantitative estimate of drug-likeness (QED) is 0.775. The molecule has 0 radical (unpaired) electrons. The maximum absolute atomic E-state index is 12.2. The number of nitrogens with one attached hydrogen (secondary N) is 1. The Balaban J connectivity index is 1.90. The summed E-state index contributed by atoms with van der Waals surface area (Å²) in [7, 11) is -3.07. The van der Waals surface area contributed by atoms with Crippen molar-refractivity contribution in [1.82, 2.24) is 10.2 Å². The molecule has 1 heterocycles. The minimum atomic E-state index is -3.07. The minimum absolute atomic E-state index is 0.0245. The molecule has 2 rings (SSSR count). The van der Waals surface area contributed by atoms with Crippen molar-refractivity contribution < 1.29 is 18.0 Å². The molecule has 1 aliphatic heterocycles. The number of rotatable bonds is 4. The summed E-state index contributed by atoms with van der Waals surface area (Å²) in [5, 5.41) is 3.01. The van der Waals surface area contributed by atoms with E-state index < -0.39 is 9.84 Å². The van der Waals surface area contributed by atoms with Gasteiger partial charge in [-0.2, -0.15) is 0 Å². The van der Waals surface area contributed by atoms with Crippen molar-refractivity contribution in [3.8, 4) is 0 Å². The Morgan fingerprint density at radius 2 is 1.73 bits per heavy atom. The molecule has 1 saturated carbocycles. The molecule has 22 heavy (non-hydrogen) atoms. The van der Waals surface area contributed by atoms with Crippen LogP contribution in [0.2, 0.25) is 0 Å². The van der Waals surface area contributed by atoms with Crippen molar-refractivity contribution in [3.63, 3.8) is 0 Å². The predicted molar refractivity (Wildman–Crippen MR) is 84.1 cm³/mol. The average Bonchev–Trinajstić information content (AvgIpc) is 2.63. The lowest BCUT2D eigenvalue weighted by molar-refractivity contribution is -0.136. The Morgan fingerprint density at radius 1 is 1.09 bits per heavy atom. The molecule has 1 unspecified atom stereocenters. The van der Waals surface area contributed by atoms with Gasteiger partial charge in [-0.05, 0) is 19.3 Å². The number of hydrogen-bond donors (Lipinski definition) is 1. The topological polar surface area (TPSA) is 83.6 Å². The monoisotopic (exact) mass is 330 g/mol. The van der Waals surface area contributed by atoms with E-state index >= 15 is 0 Å². The molecule has 0 spiro atoms. The summed E-state index contributed by atoms with van der Waals surface area (Å²) in [6.07, 6.45) is 7.09.